The molecule has 1 aliphatic carbocycles. The molecule has 3 heteroatoms. The molecule has 0 saturated heterocycles. The fourth-order valence-electron chi connectivity index (χ4n) is 2.82. The van der Waals surface area contributed by atoms with Crippen molar-refractivity contribution in [3.8, 4) is 0 Å². The summed E-state index contributed by atoms with van der Waals surface area (Å²) in [6.07, 6.45) is 5.54. The van der Waals surface area contributed by atoms with Gasteiger partial charge in [-0.2, -0.15) is 0 Å². The van der Waals surface area contributed by atoms with E-state index in [0.29, 0.717) is 0 Å². The normalized spacial score (nSPS) is 16.4. The highest BCUT2D eigenvalue weighted by molar-refractivity contribution is 5.09. The van der Waals surface area contributed by atoms with E-state index in [-0.39, 0.29) is 0 Å². The summed E-state index contributed by atoms with van der Waals surface area (Å²) < 4.78 is 0. The first-order valence-electron chi connectivity index (χ1n) is 7.66. The smallest absolute Gasteiger partial charge is 0.0547 e. The number of likely N-dealkylation sites (N-methyl/N-ethyl adjacent to an activating group) is 1. The molecule has 1 N–H and O–H groups in total. The largest absolute Gasteiger partial charge is 0.313 e. The topological polar surface area (TPSA) is 28.2 Å². The van der Waals surface area contributed by atoms with Crippen molar-refractivity contribution < 1.29 is 0 Å². The Kier molecular flexibility index (Phi) is 5.80. The zero-order valence-corrected chi connectivity index (χ0v) is 12.4. The van der Waals surface area contributed by atoms with Gasteiger partial charge in [-0.3, -0.25) is 9.88 Å². The lowest BCUT2D eigenvalue weighted by Gasteiger charge is -2.21. The molecule has 19 heavy (non-hydrogen) atoms. The highest BCUT2D eigenvalue weighted by atomic mass is 15.1. The minimum Gasteiger partial charge on any atom is -0.313 e. The number of pyridine rings is 1. The second-order valence-electron chi connectivity index (χ2n) is 5.57. The monoisotopic (exact) mass is 261 g/mol. The van der Waals surface area contributed by atoms with Gasteiger partial charge in [0.1, 0.15) is 0 Å². The lowest BCUT2D eigenvalue weighted by molar-refractivity contribution is 0.271. The van der Waals surface area contributed by atoms with Crippen LogP contribution in [0, 0.1) is 6.92 Å². The van der Waals surface area contributed by atoms with E-state index in [1.54, 1.807) is 0 Å². The van der Waals surface area contributed by atoms with Crippen LogP contribution in [0.4, 0.5) is 0 Å². The van der Waals surface area contributed by atoms with Crippen molar-refractivity contribution in [2.75, 3.05) is 19.6 Å². The summed E-state index contributed by atoms with van der Waals surface area (Å²) in [6, 6.07) is 7.06. The van der Waals surface area contributed by atoms with Gasteiger partial charge in [0.15, 0.2) is 0 Å². The first kappa shape index (κ1) is 14.5. The average molecular weight is 261 g/mol. The molecule has 1 saturated carbocycles. The Morgan fingerprint density at radius 1 is 1.32 bits per heavy atom. The first-order chi connectivity index (χ1) is 9.28. The van der Waals surface area contributed by atoms with Crippen molar-refractivity contribution in [1.29, 1.82) is 0 Å². The summed E-state index contributed by atoms with van der Waals surface area (Å²) in [5, 5.41) is 3.68. The molecule has 0 atom stereocenters. The second-order valence-corrected chi connectivity index (χ2v) is 5.57. The molecule has 1 aliphatic rings. The number of nitrogens with one attached hydrogen (secondary N) is 1. The van der Waals surface area contributed by atoms with E-state index in [9.17, 15) is 0 Å². The molecule has 0 aliphatic heterocycles. The van der Waals surface area contributed by atoms with Crippen molar-refractivity contribution >= 4 is 0 Å². The van der Waals surface area contributed by atoms with Gasteiger partial charge in [-0.1, -0.05) is 25.8 Å². The number of rotatable bonds is 7. The SMILES string of the molecule is CCN(CCNC1CCCC1)Cc1cccc(C)n1. The van der Waals surface area contributed by atoms with E-state index in [1.807, 2.05) is 0 Å². The van der Waals surface area contributed by atoms with Gasteiger partial charge in [0.2, 0.25) is 0 Å². The highest BCUT2D eigenvalue weighted by Crippen LogP contribution is 2.17. The highest BCUT2D eigenvalue weighted by Gasteiger charge is 2.14. The van der Waals surface area contributed by atoms with E-state index in [1.165, 1.54) is 31.4 Å². The maximum Gasteiger partial charge on any atom is 0.0547 e. The Labute approximate surface area is 117 Å². The number of aromatic nitrogens is 1. The third-order valence-electron chi connectivity index (χ3n) is 4.00. The fraction of sp³-hybridized carbons (Fsp3) is 0.688. The predicted octanol–water partition coefficient (Wildman–Crippen LogP) is 2.74. The summed E-state index contributed by atoms with van der Waals surface area (Å²) in [7, 11) is 0. The van der Waals surface area contributed by atoms with Crippen LogP contribution < -0.4 is 5.32 Å². The molecule has 3 nitrogen and oxygen atoms in total. The molecule has 0 unspecified atom stereocenters. The van der Waals surface area contributed by atoms with Gasteiger partial charge in [0.05, 0.1) is 5.69 Å². The lowest BCUT2D eigenvalue weighted by atomic mass is 10.2. The summed E-state index contributed by atoms with van der Waals surface area (Å²) >= 11 is 0. The number of nitrogens with zero attached hydrogens (tertiary/aromatic N) is 2. The summed E-state index contributed by atoms with van der Waals surface area (Å²) in [6.45, 7) is 8.55. The van der Waals surface area contributed by atoms with Crippen LogP contribution in [0.25, 0.3) is 0 Å². The lowest BCUT2D eigenvalue weighted by Crippen LogP contribution is -2.35. The summed E-state index contributed by atoms with van der Waals surface area (Å²) in [5.74, 6) is 0. The Balaban J connectivity index is 1.73. The molecule has 1 aromatic heterocycles. The van der Waals surface area contributed by atoms with E-state index in [2.05, 4.69) is 47.2 Å². The number of hydrogen-bond donors (Lipinski definition) is 1. The van der Waals surface area contributed by atoms with Gasteiger partial charge in [0.25, 0.3) is 0 Å². The molecule has 106 valence electrons. The number of aryl methyl sites for hydroxylation is 1. The van der Waals surface area contributed by atoms with Crippen LogP contribution >= 0.6 is 0 Å². The predicted molar refractivity (Wildman–Crippen MR) is 80.2 cm³/mol. The molecule has 0 aromatic carbocycles. The van der Waals surface area contributed by atoms with Gasteiger partial charge < -0.3 is 5.32 Å². The van der Waals surface area contributed by atoms with Crippen LogP contribution in [-0.4, -0.2) is 35.6 Å². The van der Waals surface area contributed by atoms with Crippen LogP contribution in [0.2, 0.25) is 0 Å². The van der Waals surface area contributed by atoms with Gasteiger partial charge in [-0.15, -0.1) is 0 Å². The minimum atomic E-state index is 0.774. The molecular formula is C16H27N3. The second kappa shape index (κ2) is 7.61. The summed E-state index contributed by atoms with van der Waals surface area (Å²) in [4.78, 5) is 7.05. The quantitative estimate of drug-likeness (QED) is 0.818. The molecule has 0 amide bonds. The first-order valence-corrected chi connectivity index (χ1v) is 7.66. The molecule has 2 rings (SSSR count). The van der Waals surface area contributed by atoms with E-state index < -0.39 is 0 Å². The molecule has 0 bridgehead atoms. The molecule has 1 heterocycles. The van der Waals surface area contributed by atoms with Crippen LogP contribution in [0.1, 0.15) is 44.0 Å². The molecule has 1 aromatic rings. The third-order valence-corrected chi connectivity index (χ3v) is 4.00. The maximum atomic E-state index is 4.58. The maximum absolute atomic E-state index is 4.58. The Bertz CT molecular complexity index is 372. The van der Waals surface area contributed by atoms with Crippen LogP contribution in [-0.2, 0) is 6.54 Å². The van der Waals surface area contributed by atoms with E-state index in [0.717, 1.165) is 37.9 Å². The zero-order valence-electron chi connectivity index (χ0n) is 12.4. The third kappa shape index (κ3) is 4.92. The van der Waals surface area contributed by atoms with E-state index in [4.69, 9.17) is 0 Å². The van der Waals surface area contributed by atoms with Crippen molar-refractivity contribution in [3.05, 3.63) is 29.6 Å². The fourth-order valence-corrected chi connectivity index (χ4v) is 2.82. The minimum absolute atomic E-state index is 0.774. The molecule has 1 fully saturated rings. The van der Waals surface area contributed by atoms with E-state index >= 15 is 0 Å². The Morgan fingerprint density at radius 2 is 2.11 bits per heavy atom. The van der Waals surface area contributed by atoms with Crippen LogP contribution in [0.15, 0.2) is 18.2 Å². The van der Waals surface area contributed by atoms with Crippen LogP contribution in [0.3, 0.4) is 0 Å². The summed E-state index contributed by atoms with van der Waals surface area (Å²) in [5.41, 5.74) is 2.29. The Hall–Kier alpha value is -0.930. The zero-order chi connectivity index (χ0) is 13.5. The number of hydrogen-bond acceptors (Lipinski definition) is 3. The molecule has 0 radical (unpaired) electrons. The standard InChI is InChI=1S/C16H27N3/c1-3-19(12-11-17-15-8-4-5-9-15)13-16-10-6-7-14(2)18-16/h6-7,10,15,17H,3-5,8-9,11-13H2,1-2H3. The Morgan fingerprint density at radius 3 is 2.79 bits per heavy atom. The van der Waals surface area contributed by atoms with Gasteiger partial charge >= 0.3 is 0 Å². The molecule has 0 spiro atoms. The molecular weight excluding hydrogens is 234 g/mol. The van der Waals surface area contributed by atoms with Crippen molar-refractivity contribution in [1.82, 2.24) is 15.2 Å². The van der Waals surface area contributed by atoms with Crippen molar-refractivity contribution in [2.24, 2.45) is 0 Å². The van der Waals surface area contributed by atoms with Crippen molar-refractivity contribution in [3.63, 3.8) is 0 Å². The van der Waals surface area contributed by atoms with Gasteiger partial charge in [0, 0.05) is 31.4 Å². The van der Waals surface area contributed by atoms with Crippen LogP contribution in [0.5, 0.6) is 0 Å². The van der Waals surface area contributed by atoms with Gasteiger partial charge in [-0.05, 0) is 38.4 Å². The average Bonchev–Trinajstić information content (AvgIpc) is 2.91. The van der Waals surface area contributed by atoms with Gasteiger partial charge in [-0.25, -0.2) is 0 Å². The van der Waals surface area contributed by atoms with Crippen molar-refractivity contribution in [2.45, 2.75) is 52.1 Å².